The summed E-state index contributed by atoms with van der Waals surface area (Å²) < 4.78 is 10.4. The Morgan fingerprint density at radius 3 is 2.80 bits per heavy atom. The van der Waals surface area contributed by atoms with Gasteiger partial charge < -0.3 is 14.8 Å². The number of hydrogen-bond donors (Lipinski definition) is 1. The van der Waals surface area contributed by atoms with E-state index in [1.165, 1.54) is 24.3 Å². The fraction of sp³-hybridized carbons (Fsp3) is 0.176. The molecule has 2 aromatic rings. The lowest BCUT2D eigenvalue weighted by atomic mass is 10.1. The maximum Gasteiger partial charge on any atom is 0.280 e. The van der Waals surface area contributed by atoms with Gasteiger partial charge in [0.1, 0.15) is 0 Å². The van der Waals surface area contributed by atoms with E-state index in [-0.39, 0.29) is 30.0 Å². The maximum absolute atomic E-state index is 12.1. The molecule has 0 bridgehead atoms. The monoisotopic (exact) mass is 341 g/mol. The molecule has 0 saturated carbocycles. The number of carbonyl (C=O) groups is 1. The molecule has 1 amide bonds. The van der Waals surface area contributed by atoms with Gasteiger partial charge in [-0.2, -0.15) is 0 Å². The largest absolute Gasteiger partial charge is 0.454 e. The highest BCUT2D eigenvalue weighted by molar-refractivity contribution is 5.92. The van der Waals surface area contributed by atoms with Crippen molar-refractivity contribution in [3.63, 3.8) is 0 Å². The molecule has 0 spiro atoms. The molecule has 1 atom stereocenters. The van der Waals surface area contributed by atoms with E-state index in [4.69, 9.17) is 9.47 Å². The molecule has 0 radical (unpaired) electrons. The topological polar surface area (TPSA) is 104 Å². The van der Waals surface area contributed by atoms with Crippen LogP contribution >= 0.6 is 0 Å². The van der Waals surface area contributed by atoms with Gasteiger partial charge in [0.2, 0.25) is 12.7 Å². The molecule has 0 saturated heterocycles. The quantitative estimate of drug-likeness (QED) is 0.509. The number of rotatable bonds is 5. The number of hydrogen-bond acceptors (Lipinski definition) is 6. The molecule has 128 valence electrons. The van der Waals surface area contributed by atoms with E-state index in [0.29, 0.717) is 11.5 Å². The molecule has 1 aromatic heterocycles. The van der Waals surface area contributed by atoms with Crippen LogP contribution in [0.25, 0.3) is 6.08 Å². The normalized spacial score (nSPS) is 13.6. The summed E-state index contributed by atoms with van der Waals surface area (Å²) in [5.41, 5.74) is 0.819. The lowest BCUT2D eigenvalue weighted by Gasteiger charge is -2.11. The van der Waals surface area contributed by atoms with Gasteiger partial charge in [-0.05, 0) is 31.2 Å². The number of nitro benzene ring substituents is 1. The predicted octanol–water partition coefficient (Wildman–Crippen LogP) is 2.61. The fourth-order valence-corrected chi connectivity index (χ4v) is 2.37. The molecule has 25 heavy (non-hydrogen) atoms. The van der Waals surface area contributed by atoms with Crippen LogP contribution in [0.4, 0.5) is 5.69 Å². The zero-order valence-corrected chi connectivity index (χ0v) is 13.3. The predicted molar refractivity (Wildman–Crippen MR) is 89.0 cm³/mol. The number of amides is 1. The maximum atomic E-state index is 12.1. The summed E-state index contributed by atoms with van der Waals surface area (Å²) >= 11 is 0. The second-order valence-corrected chi connectivity index (χ2v) is 5.34. The van der Waals surface area contributed by atoms with Crippen LogP contribution in [0.3, 0.4) is 0 Å². The minimum atomic E-state index is -0.532. The molecular weight excluding hydrogens is 326 g/mol. The molecule has 8 heteroatoms. The van der Waals surface area contributed by atoms with Gasteiger partial charge in [-0.1, -0.05) is 6.07 Å². The van der Waals surface area contributed by atoms with Crippen molar-refractivity contribution in [3.8, 4) is 11.5 Å². The number of aromatic nitrogens is 1. The van der Waals surface area contributed by atoms with Crippen LogP contribution in [0.5, 0.6) is 11.5 Å². The van der Waals surface area contributed by atoms with Gasteiger partial charge in [0.05, 0.1) is 28.3 Å². The average Bonchev–Trinajstić information content (AvgIpc) is 3.07. The van der Waals surface area contributed by atoms with Crippen LogP contribution < -0.4 is 14.8 Å². The van der Waals surface area contributed by atoms with Gasteiger partial charge in [-0.25, -0.2) is 0 Å². The SMILES string of the molecule is CC(NC(=O)/C=C/c1cc2c(cc1[N+](=O)[O-])OCO2)c1ccccn1. The van der Waals surface area contributed by atoms with Crippen molar-refractivity contribution in [3.05, 3.63) is 64.0 Å². The minimum absolute atomic E-state index is 0.0156. The summed E-state index contributed by atoms with van der Waals surface area (Å²) in [6, 6.07) is 7.90. The molecule has 1 aromatic carbocycles. The Hall–Kier alpha value is -3.42. The molecule has 3 rings (SSSR count). The number of nitrogens with zero attached hydrogens (tertiary/aromatic N) is 2. The van der Waals surface area contributed by atoms with Gasteiger partial charge in [-0.3, -0.25) is 19.9 Å². The van der Waals surface area contributed by atoms with Gasteiger partial charge in [0.15, 0.2) is 11.5 Å². The molecule has 8 nitrogen and oxygen atoms in total. The number of carbonyl (C=O) groups excluding carboxylic acids is 1. The van der Waals surface area contributed by atoms with Crippen LogP contribution in [0, 0.1) is 10.1 Å². The summed E-state index contributed by atoms with van der Waals surface area (Å²) in [6.07, 6.45) is 4.26. The first kappa shape index (κ1) is 16.4. The van der Waals surface area contributed by atoms with Crippen LogP contribution in [-0.2, 0) is 4.79 Å². The second-order valence-electron chi connectivity index (χ2n) is 5.34. The summed E-state index contributed by atoms with van der Waals surface area (Å²) in [5.74, 6) is 0.342. The number of ether oxygens (including phenoxy) is 2. The van der Waals surface area contributed by atoms with Crippen molar-refractivity contribution < 1.29 is 19.2 Å². The lowest BCUT2D eigenvalue weighted by molar-refractivity contribution is -0.385. The molecule has 0 aliphatic carbocycles. The molecule has 1 aliphatic rings. The summed E-state index contributed by atoms with van der Waals surface area (Å²) in [7, 11) is 0. The lowest BCUT2D eigenvalue weighted by Crippen LogP contribution is -2.25. The van der Waals surface area contributed by atoms with Crippen LogP contribution in [-0.4, -0.2) is 22.6 Å². The van der Waals surface area contributed by atoms with E-state index in [0.717, 1.165) is 5.69 Å². The summed E-state index contributed by atoms with van der Waals surface area (Å²) in [6.45, 7) is 1.82. The van der Waals surface area contributed by atoms with Crippen molar-refractivity contribution >= 4 is 17.7 Å². The summed E-state index contributed by atoms with van der Waals surface area (Å²) in [5, 5.41) is 13.9. The zero-order valence-electron chi connectivity index (χ0n) is 13.3. The van der Waals surface area contributed by atoms with Gasteiger partial charge in [0, 0.05) is 12.3 Å². The number of fused-ring (bicyclic) bond motifs is 1. The minimum Gasteiger partial charge on any atom is -0.454 e. The second kappa shape index (κ2) is 7.00. The molecule has 2 heterocycles. The Morgan fingerprint density at radius 1 is 1.36 bits per heavy atom. The number of nitro groups is 1. The van der Waals surface area contributed by atoms with Gasteiger partial charge in [0.25, 0.3) is 5.69 Å². The summed E-state index contributed by atoms with van der Waals surface area (Å²) in [4.78, 5) is 26.9. The van der Waals surface area contributed by atoms with E-state index in [1.54, 1.807) is 25.3 Å². The van der Waals surface area contributed by atoms with E-state index in [9.17, 15) is 14.9 Å². The first-order valence-corrected chi connectivity index (χ1v) is 7.52. The molecular formula is C17H15N3O5. The van der Waals surface area contributed by atoms with Crippen molar-refractivity contribution in [2.24, 2.45) is 0 Å². The third kappa shape index (κ3) is 3.74. The van der Waals surface area contributed by atoms with Crippen molar-refractivity contribution in [2.45, 2.75) is 13.0 Å². The van der Waals surface area contributed by atoms with E-state index >= 15 is 0 Å². The number of benzene rings is 1. The van der Waals surface area contributed by atoms with Crippen LogP contribution in [0.1, 0.15) is 24.2 Å². The Morgan fingerprint density at radius 2 is 2.12 bits per heavy atom. The van der Waals surface area contributed by atoms with E-state index < -0.39 is 4.92 Å². The van der Waals surface area contributed by atoms with Gasteiger partial charge in [-0.15, -0.1) is 0 Å². The highest BCUT2D eigenvalue weighted by Gasteiger charge is 2.22. The number of pyridine rings is 1. The Kier molecular flexibility index (Phi) is 4.60. The van der Waals surface area contributed by atoms with Crippen LogP contribution in [0.2, 0.25) is 0 Å². The highest BCUT2D eigenvalue weighted by Crippen LogP contribution is 2.38. The highest BCUT2D eigenvalue weighted by atomic mass is 16.7. The first-order chi connectivity index (χ1) is 12.0. The smallest absolute Gasteiger partial charge is 0.280 e. The third-order valence-corrected chi connectivity index (χ3v) is 3.62. The van der Waals surface area contributed by atoms with Crippen molar-refractivity contribution in [1.29, 1.82) is 0 Å². The molecule has 1 unspecified atom stereocenters. The Bertz CT molecular complexity index is 836. The number of nitrogens with one attached hydrogen (secondary N) is 1. The van der Waals surface area contributed by atoms with E-state index in [2.05, 4.69) is 10.3 Å². The van der Waals surface area contributed by atoms with Crippen LogP contribution in [0.15, 0.2) is 42.6 Å². The average molecular weight is 341 g/mol. The third-order valence-electron chi connectivity index (χ3n) is 3.62. The zero-order chi connectivity index (χ0) is 17.8. The molecule has 1 N–H and O–H groups in total. The van der Waals surface area contributed by atoms with E-state index in [1.807, 2.05) is 6.07 Å². The molecule has 0 fully saturated rings. The first-order valence-electron chi connectivity index (χ1n) is 7.52. The van der Waals surface area contributed by atoms with Gasteiger partial charge >= 0.3 is 0 Å². The Labute approximate surface area is 143 Å². The Balaban J connectivity index is 1.75. The fourth-order valence-electron chi connectivity index (χ4n) is 2.37. The van der Waals surface area contributed by atoms with Crippen molar-refractivity contribution in [2.75, 3.05) is 6.79 Å². The standard InChI is InChI=1S/C17H15N3O5/c1-11(13-4-2-3-7-18-13)19-17(21)6-5-12-8-15-16(25-10-24-15)9-14(12)20(22)23/h2-9,11H,10H2,1H3,(H,19,21)/b6-5+. The van der Waals surface area contributed by atoms with Crippen molar-refractivity contribution in [1.82, 2.24) is 10.3 Å². The molecule has 1 aliphatic heterocycles.